The first kappa shape index (κ1) is 24.7. The monoisotopic (exact) mass is 578 g/mol. The van der Waals surface area contributed by atoms with Crippen LogP contribution in [0.5, 0.6) is 5.75 Å². The lowest BCUT2D eigenvalue weighted by Gasteiger charge is -2.53. The van der Waals surface area contributed by atoms with E-state index in [-0.39, 0.29) is 51.1 Å². The number of hydrogen-bond acceptors (Lipinski definition) is 10. The van der Waals surface area contributed by atoms with Crippen molar-refractivity contribution < 1.29 is 51.1 Å². The number of Topliss-reactive ketones (excluding diaryl/α,β-unsaturated/α-hetero) is 1. The number of carbonyl (C=O) groups is 4. The first-order valence-electron chi connectivity index (χ1n) is 13.4. The molecule has 2 aromatic rings. The number of ketones is 1. The van der Waals surface area contributed by atoms with Crippen molar-refractivity contribution >= 4 is 44.6 Å². The highest BCUT2D eigenvalue weighted by atomic mass is 32.2. The van der Waals surface area contributed by atoms with Gasteiger partial charge in [0, 0.05) is 11.8 Å². The molecule has 0 radical (unpaired) electrons. The number of hydrogen-bond donors (Lipinski definition) is 1. The lowest BCUT2D eigenvalue weighted by molar-refractivity contribution is -0.171. The molecule has 0 amide bonds. The third-order valence-corrected chi connectivity index (χ3v) is 10.2. The topological polar surface area (TPSA) is 160 Å². The third kappa shape index (κ3) is 3.50. The summed E-state index contributed by atoms with van der Waals surface area (Å²) in [6.07, 6.45) is 2.21. The predicted octanol–water partition coefficient (Wildman–Crippen LogP) is 2.98. The first-order chi connectivity index (χ1) is 19.5. The second-order valence-corrected chi connectivity index (χ2v) is 13.2. The highest BCUT2D eigenvalue weighted by Crippen LogP contribution is 2.60. The summed E-state index contributed by atoms with van der Waals surface area (Å²) in [6.45, 7) is 0. The summed E-state index contributed by atoms with van der Waals surface area (Å²) in [5, 5.41) is 1.02. The molecule has 41 heavy (non-hydrogen) atoms. The van der Waals surface area contributed by atoms with Gasteiger partial charge in [0.1, 0.15) is 23.0 Å². The molecule has 5 fully saturated rings. The van der Waals surface area contributed by atoms with Gasteiger partial charge in [0.2, 0.25) is 5.76 Å². The van der Waals surface area contributed by atoms with Gasteiger partial charge in [0.15, 0.2) is 17.6 Å². The van der Waals surface area contributed by atoms with Crippen molar-refractivity contribution in [1.82, 2.24) is 0 Å². The van der Waals surface area contributed by atoms with Crippen molar-refractivity contribution in [2.45, 2.75) is 43.1 Å². The average molecular weight is 579 g/mol. The predicted molar refractivity (Wildman–Crippen MR) is 135 cm³/mol. The molecule has 0 aromatic heterocycles. The Morgan fingerprint density at radius 1 is 0.951 bits per heavy atom. The van der Waals surface area contributed by atoms with Gasteiger partial charge in [-0.15, -0.1) is 0 Å². The molecular formula is C29H22O11S. The highest BCUT2D eigenvalue weighted by molar-refractivity contribution is 7.85. The van der Waals surface area contributed by atoms with Gasteiger partial charge in [-0.25, -0.2) is 4.79 Å². The second kappa shape index (κ2) is 8.04. The molecule has 3 heterocycles. The van der Waals surface area contributed by atoms with E-state index in [1.165, 1.54) is 36.4 Å². The quantitative estimate of drug-likeness (QED) is 0.316. The molecule has 4 aliphatic carbocycles. The van der Waals surface area contributed by atoms with Crippen LogP contribution in [-0.4, -0.2) is 42.8 Å². The van der Waals surface area contributed by atoms with E-state index in [4.69, 9.17) is 18.9 Å². The Balaban J connectivity index is 1.07. The van der Waals surface area contributed by atoms with Gasteiger partial charge < -0.3 is 18.9 Å². The summed E-state index contributed by atoms with van der Waals surface area (Å²) in [5.74, 6) is -2.84. The van der Waals surface area contributed by atoms with Gasteiger partial charge in [-0.2, -0.15) is 8.42 Å². The molecule has 2 unspecified atom stereocenters. The maximum Gasteiger partial charge on any atom is 0.344 e. The summed E-state index contributed by atoms with van der Waals surface area (Å²) in [4.78, 5) is 52.0. The van der Waals surface area contributed by atoms with Crippen molar-refractivity contribution in [3.8, 4) is 5.75 Å². The molecule has 210 valence electrons. The normalized spacial score (nSPS) is 32.6. The van der Waals surface area contributed by atoms with Crippen LogP contribution in [0.2, 0.25) is 0 Å². The Kier molecular flexibility index (Phi) is 4.85. The van der Waals surface area contributed by atoms with Gasteiger partial charge in [-0.1, -0.05) is 12.1 Å². The fraction of sp³-hybridized carbons (Fsp3) is 0.379. The Morgan fingerprint density at radius 3 is 2.39 bits per heavy atom. The molecule has 4 atom stereocenters. The minimum Gasteiger partial charge on any atom is -0.476 e. The van der Waals surface area contributed by atoms with Crippen molar-refractivity contribution in [3.63, 3.8) is 0 Å². The zero-order valence-electron chi connectivity index (χ0n) is 21.3. The maximum absolute atomic E-state index is 13.6. The zero-order chi connectivity index (χ0) is 28.4. The van der Waals surface area contributed by atoms with Crippen LogP contribution < -0.4 is 4.74 Å². The number of rotatable bonds is 5. The Labute approximate surface area is 232 Å². The fourth-order valence-corrected chi connectivity index (χ4v) is 8.31. The van der Waals surface area contributed by atoms with E-state index in [1.54, 1.807) is 0 Å². The fourth-order valence-electron chi connectivity index (χ4n) is 7.79. The van der Waals surface area contributed by atoms with E-state index in [2.05, 4.69) is 0 Å². The van der Waals surface area contributed by atoms with Crippen molar-refractivity contribution in [2.75, 3.05) is 0 Å². The summed E-state index contributed by atoms with van der Waals surface area (Å²) in [6, 6.07) is 8.43. The molecule has 2 aromatic carbocycles. The molecule has 11 nitrogen and oxygen atoms in total. The van der Waals surface area contributed by atoms with Crippen LogP contribution >= 0.6 is 0 Å². The van der Waals surface area contributed by atoms with Crippen LogP contribution in [0.1, 0.15) is 32.1 Å². The zero-order valence-corrected chi connectivity index (χ0v) is 22.1. The Hall–Kier alpha value is -4.03. The van der Waals surface area contributed by atoms with Gasteiger partial charge >= 0.3 is 17.9 Å². The van der Waals surface area contributed by atoms with Crippen molar-refractivity contribution in [1.29, 1.82) is 0 Å². The van der Waals surface area contributed by atoms with Crippen molar-refractivity contribution in [2.24, 2.45) is 29.1 Å². The first-order valence-corrected chi connectivity index (χ1v) is 14.8. The molecule has 1 saturated heterocycles. The molecule has 4 saturated carbocycles. The summed E-state index contributed by atoms with van der Waals surface area (Å²) in [7, 11) is -4.38. The molecule has 9 rings (SSSR count). The molecule has 0 spiro atoms. The number of ether oxygens (including phenoxy) is 4. The average Bonchev–Trinajstić information content (AvgIpc) is 3.54. The number of benzene rings is 2. The SMILES string of the molecule is O=C(Oc1ccc2cc(S(=O)(=O)O)ccc2c1)C1=C2O[C@@H]3C(=C2OC(=O)C24CC5CC(C2)C(=O)C(C5)C4)OC(=O)[C@H]13. The van der Waals surface area contributed by atoms with Crippen LogP contribution in [0.15, 0.2) is 64.1 Å². The maximum atomic E-state index is 13.6. The number of carbonyl (C=O) groups excluding carboxylic acids is 4. The molecule has 6 bridgehead atoms. The largest absolute Gasteiger partial charge is 0.476 e. The van der Waals surface area contributed by atoms with E-state index in [0.717, 1.165) is 12.8 Å². The van der Waals surface area contributed by atoms with Gasteiger partial charge in [0.05, 0.1) is 10.3 Å². The van der Waals surface area contributed by atoms with Gasteiger partial charge in [-0.3, -0.25) is 18.9 Å². The summed E-state index contributed by atoms with van der Waals surface area (Å²) >= 11 is 0. The van der Waals surface area contributed by atoms with Crippen molar-refractivity contribution in [3.05, 3.63) is 59.2 Å². The lowest BCUT2D eigenvalue weighted by Crippen LogP contribution is -2.54. The van der Waals surface area contributed by atoms with Gasteiger partial charge in [0.25, 0.3) is 10.1 Å². The second-order valence-electron chi connectivity index (χ2n) is 11.8. The van der Waals surface area contributed by atoms with Gasteiger partial charge in [-0.05, 0) is 73.1 Å². The number of esters is 3. The Bertz CT molecular complexity index is 1800. The van der Waals surface area contributed by atoms with E-state index < -0.39 is 45.5 Å². The van der Waals surface area contributed by atoms with Crippen LogP contribution in [0.3, 0.4) is 0 Å². The van der Waals surface area contributed by atoms with E-state index in [1.807, 2.05) is 0 Å². The smallest absolute Gasteiger partial charge is 0.344 e. The van der Waals surface area contributed by atoms with E-state index in [9.17, 15) is 32.1 Å². The molecular weight excluding hydrogens is 556 g/mol. The van der Waals surface area contributed by atoms with Crippen LogP contribution in [0, 0.1) is 29.1 Å². The third-order valence-electron chi connectivity index (χ3n) is 9.39. The van der Waals surface area contributed by atoms with Crippen LogP contribution in [0.4, 0.5) is 0 Å². The molecule has 12 heteroatoms. The minimum absolute atomic E-state index is 0.0569. The summed E-state index contributed by atoms with van der Waals surface area (Å²) in [5.41, 5.74) is -0.893. The number of fused-ring (bicyclic) bond motifs is 2. The lowest BCUT2D eigenvalue weighted by atomic mass is 9.49. The van der Waals surface area contributed by atoms with Crippen LogP contribution in [0.25, 0.3) is 10.8 Å². The highest BCUT2D eigenvalue weighted by Gasteiger charge is 2.64. The molecule has 3 aliphatic heterocycles. The Morgan fingerprint density at radius 2 is 1.66 bits per heavy atom. The van der Waals surface area contributed by atoms with E-state index in [0.29, 0.717) is 36.0 Å². The summed E-state index contributed by atoms with van der Waals surface area (Å²) < 4.78 is 54.8. The molecule has 7 aliphatic rings. The standard InChI is InChI=1S/C29H22O11S/c30-21-15-5-12-6-16(21)11-29(9-12,10-15)28(33)40-25-23-19(20-22(38-23)24(25)39-27(20)32)26(31)37-17-3-1-14-8-18(41(34,35)36)4-2-13(14)7-17/h1-4,7-8,12,15-16,20,22H,5-6,9-11H2,(H,34,35,36)/t12?,15?,16?,20-,22+,29?/m1/s1. The van der Waals surface area contributed by atoms with E-state index >= 15 is 0 Å². The minimum atomic E-state index is -4.38. The molecule has 1 N–H and O–H groups in total. The van der Waals surface area contributed by atoms with Crippen LogP contribution in [-0.2, 0) is 43.5 Å².